The molecule has 2 amide bonds. The van der Waals surface area contributed by atoms with E-state index in [-0.39, 0.29) is 21.9 Å². The molecule has 0 aliphatic carbocycles. The Kier molecular flexibility index (Phi) is 7.89. The molecule has 0 spiro atoms. The van der Waals surface area contributed by atoms with E-state index in [1.807, 2.05) is 31.2 Å². The third-order valence-corrected chi connectivity index (χ3v) is 6.57. The second kappa shape index (κ2) is 11.1. The first-order chi connectivity index (χ1) is 17.7. The molecule has 0 bridgehead atoms. The van der Waals surface area contributed by atoms with E-state index >= 15 is 0 Å². The van der Waals surface area contributed by atoms with E-state index < -0.39 is 17.8 Å². The van der Waals surface area contributed by atoms with Gasteiger partial charge in [0.25, 0.3) is 11.8 Å². The number of aromatic carboxylic acids is 1. The first kappa shape index (κ1) is 26.3. The lowest BCUT2D eigenvalue weighted by Gasteiger charge is -2.29. The third kappa shape index (κ3) is 5.81. The summed E-state index contributed by atoms with van der Waals surface area (Å²) in [7, 11) is 1.51. The van der Waals surface area contributed by atoms with Gasteiger partial charge < -0.3 is 14.6 Å². The summed E-state index contributed by atoms with van der Waals surface area (Å²) in [5.74, 6) is -1.50. The molecule has 4 rings (SSSR count). The molecule has 2 N–H and O–H groups in total. The second-order valence-corrected chi connectivity index (χ2v) is 9.67. The fourth-order valence-electron chi connectivity index (χ4n) is 3.76. The Labute approximate surface area is 232 Å². The highest BCUT2D eigenvalue weighted by Crippen LogP contribution is 2.35. The summed E-state index contributed by atoms with van der Waals surface area (Å²) in [6.07, 6.45) is 1.43. The predicted octanol–water partition coefficient (Wildman–Crippen LogP) is 4.72. The molecule has 1 saturated heterocycles. The van der Waals surface area contributed by atoms with Crippen molar-refractivity contribution in [3.63, 3.8) is 0 Å². The Bertz CT molecular complexity index is 1470. The maximum absolute atomic E-state index is 13.3. The summed E-state index contributed by atoms with van der Waals surface area (Å²) < 4.78 is 12.3. The molecule has 1 heterocycles. The van der Waals surface area contributed by atoms with Gasteiger partial charge in [-0.15, -0.1) is 0 Å². The Morgan fingerprint density at radius 2 is 1.89 bits per heavy atom. The number of anilines is 1. The lowest BCUT2D eigenvalue weighted by molar-refractivity contribution is -0.122. The van der Waals surface area contributed by atoms with Crippen LogP contribution in [-0.2, 0) is 16.2 Å². The monoisotopic (exact) mass is 628 g/mol. The summed E-state index contributed by atoms with van der Waals surface area (Å²) >= 11 is 7.31. The van der Waals surface area contributed by atoms with E-state index in [2.05, 4.69) is 27.9 Å². The fourth-order valence-corrected chi connectivity index (χ4v) is 4.82. The number of aryl methyl sites for hydroxylation is 1. The average molecular weight is 628 g/mol. The molecule has 1 aliphatic rings. The van der Waals surface area contributed by atoms with Crippen molar-refractivity contribution < 1.29 is 29.0 Å². The van der Waals surface area contributed by atoms with Gasteiger partial charge in [-0.05, 0) is 89.3 Å². The van der Waals surface area contributed by atoms with Crippen LogP contribution in [0, 0.1) is 10.5 Å². The topological polar surface area (TPSA) is 105 Å². The molecular formula is C27H21IN2O6S. The normalized spacial score (nSPS) is 14.5. The number of hydrogen-bond donors (Lipinski definition) is 2. The number of nitrogens with zero attached hydrogens (tertiary/aromatic N) is 1. The molecule has 188 valence electrons. The van der Waals surface area contributed by atoms with Gasteiger partial charge in [-0.3, -0.25) is 19.8 Å². The SMILES string of the molecule is COc1cc(C=C2C(=O)NC(=S)N(c3cccc(C(=O)O)c3)C2=O)cc(I)c1OCc1cccc(C)c1. The highest BCUT2D eigenvalue weighted by molar-refractivity contribution is 14.1. The van der Waals surface area contributed by atoms with E-state index in [1.165, 1.54) is 37.5 Å². The van der Waals surface area contributed by atoms with Crippen LogP contribution >= 0.6 is 34.8 Å². The number of benzene rings is 3. The van der Waals surface area contributed by atoms with Gasteiger partial charge in [0.15, 0.2) is 16.6 Å². The van der Waals surface area contributed by atoms with E-state index in [4.69, 9.17) is 21.7 Å². The Morgan fingerprint density at radius 3 is 2.59 bits per heavy atom. The van der Waals surface area contributed by atoms with Crippen molar-refractivity contribution in [3.8, 4) is 11.5 Å². The van der Waals surface area contributed by atoms with Gasteiger partial charge >= 0.3 is 5.97 Å². The van der Waals surface area contributed by atoms with Crippen molar-refractivity contribution in [1.82, 2.24) is 5.32 Å². The Balaban J connectivity index is 1.65. The van der Waals surface area contributed by atoms with Crippen molar-refractivity contribution in [2.75, 3.05) is 12.0 Å². The van der Waals surface area contributed by atoms with Crippen LogP contribution in [0.15, 0.2) is 66.2 Å². The van der Waals surface area contributed by atoms with Gasteiger partial charge in [-0.25, -0.2) is 4.79 Å². The third-order valence-electron chi connectivity index (χ3n) is 5.48. The lowest BCUT2D eigenvalue weighted by atomic mass is 10.1. The number of rotatable bonds is 7. The van der Waals surface area contributed by atoms with Crippen LogP contribution in [0.3, 0.4) is 0 Å². The number of ether oxygens (including phenoxy) is 2. The fraction of sp³-hybridized carbons (Fsp3) is 0.111. The largest absolute Gasteiger partial charge is 0.493 e. The highest BCUT2D eigenvalue weighted by Gasteiger charge is 2.34. The molecule has 0 radical (unpaired) electrons. The average Bonchev–Trinajstić information content (AvgIpc) is 2.85. The Hall–Kier alpha value is -3.77. The molecule has 1 fully saturated rings. The molecule has 0 saturated carbocycles. The van der Waals surface area contributed by atoms with E-state index in [1.54, 1.807) is 12.1 Å². The van der Waals surface area contributed by atoms with Crippen molar-refractivity contribution in [1.29, 1.82) is 0 Å². The number of amides is 2. The van der Waals surface area contributed by atoms with Crippen molar-refractivity contribution in [2.24, 2.45) is 0 Å². The van der Waals surface area contributed by atoms with Crippen LogP contribution in [0.2, 0.25) is 0 Å². The van der Waals surface area contributed by atoms with Crippen LogP contribution in [0.4, 0.5) is 5.69 Å². The number of carbonyl (C=O) groups excluding carboxylic acids is 2. The number of carboxylic acids is 1. The summed E-state index contributed by atoms with van der Waals surface area (Å²) in [5.41, 5.74) is 2.72. The van der Waals surface area contributed by atoms with Gasteiger partial charge in [-0.1, -0.05) is 35.9 Å². The van der Waals surface area contributed by atoms with Gasteiger partial charge in [0, 0.05) is 0 Å². The molecule has 1 aliphatic heterocycles. The van der Waals surface area contributed by atoms with Crippen LogP contribution in [0.25, 0.3) is 6.08 Å². The molecule has 37 heavy (non-hydrogen) atoms. The zero-order chi connectivity index (χ0) is 26.7. The summed E-state index contributed by atoms with van der Waals surface area (Å²) in [6, 6.07) is 17.2. The number of thiocarbonyl (C=S) groups is 1. The van der Waals surface area contributed by atoms with Crippen LogP contribution in [-0.4, -0.2) is 35.1 Å². The molecule has 0 atom stereocenters. The van der Waals surface area contributed by atoms with E-state index in [9.17, 15) is 19.5 Å². The van der Waals surface area contributed by atoms with Crippen LogP contribution in [0.1, 0.15) is 27.0 Å². The minimum atomic E-state index is -1.15. The minimum Gasteiger partial charge on any atom is -0.493 e. The summed E-state index contributed by atoms with van der Waals surface area (Å²) in [4.78, 5) is 38.5. The van der Waals surface area contributed by atoms with Crippen molar-refractivity contribution in [3.05, 3.63) is 92.1 Å². The number of hydrogen-bond acceptors (Lipinski definition) is 6. The maximum atomic E-state index is 13.3. The Morgan fingerprint density at radius 1 is 1.14 bits per heavy atom. The minimum absolute atomic E-state index is 0.0175. The van der Waals surface area contributed by atoms with Crippen LogP contribution in [0.5, 0.6) is 11.5 Å². The van der Waals surface area contributed by atoms with Crippen molar-refractivity contribution >= 4 is 69.5 Å². The van der Waals surface area contributed by atoms with Gasteiger partial charge in [0.05, 0.1) is 21.9 Å². The maximum Gasteiger partial charge on any atom is 0.335 e. The number of carbonyl (C=O) groups is 3. The number of halogens is 1. The number of methoxy groups -OCH3 is 1. The molecule has 0 unspecified atom stereocenters. The van der Waals surface area contributed by atoms with Gasteiger partial charge in [0.2, 0.25) is 0 Å². The molecule has 0 aromatic heterocycles. The van der Waals surface area contributed by atoms with Gasteiger partial charge in [-0.2, -0.15) is 0 Å². The van der Waals surface area contributed by atoms with E-state index in [0.29, 0.717) is 23.7 Å². The second-order valence-electron chi connectivity index (χ2n) is 8.13. The lowest BCUT2D eigenvalue weighted by Crippen LogP contribution is -2.54. The molecule has 3 aromatic rings. The quantitative estimate of drug-likeness (QED) is 0.169. The van der Waals surface area contributed by atoms with E-state index in [0.717, 1.165) is 19.6 Å². The number of carboxylic acid groups (broad SMARTS) is 1. The predicted molar refractivity (Wildman–Crippen MR) is 151 cm³/mol. The standard InChI is InChI=1S/C27H21IN2O6S/c1-15-5-3-6-16(9-15)14-36-23-21(28)11-17(12-22(23)35-2)10-20-24(31)29-27(37)30(25(20)32)19-8-4-7-18(13-19)26(33)34/h3-13H,14H2,1-2H3,(H,33,34)(H,29,31,37). The molecule has 8 nitrogen and oxygen atoms in total. The summed E-state index contributed by atoms with van der Waals surface area (Å²) in [6.45, 7) is 2.35. The summed E-state index contributed by atoms with van der Waals surface area (Å²) in [5, 5.41) is 11.7. The first-order valence-electron chi connectivity index (χ1n) is 11.0. The smallest absolute Gasteiger partial charge is 0.335 e. The first-order valence-corrected chi connectivity index (χ1v) is 12.5. The zero-order valence-corrected chi connectivity index (χ0v) is 22.8. The molecule has 3 aromatic carbocycles. The molecular weight excluding hydrogens is 607 g/mol. The number of nitrogens with one attached hydrogen (secondary N) is 1. The van der Waals surface area contributed by atoms with Crippen molar-refractivity contribution in [2.45, 2.75) is 13.5 Å². The zero-order valence-electron chi connectivity index (χ0n) is 19.8. The van der Waals surface area contributed by atoms with Crippen LogP contribution < -0.4 is 19.7 Å². The molecule has 10 heteroatoms. The van der Waals surface area contributed by atoms with Gasteiger partial charge in [0.1, 0.15) is 12.2 Å². The highest BCUT2D eigenvalue weighted by atomic mass is 127.